The van der Waals surface area contributed by atoms with Crippen LogP contribution in [0.25, 0.3) is 21.8 Å². The lowest BCUT2D eigenvalue weighted by Gasteiger charge is -2.34. The number of phenols is 1. The minimum Gasteiger partial charge on any atom is -0.507 e. The lowest BCUT2D eigenvalue weighted by atomic mass is 9.98. The van der Waals surface area contributed by atoms with Crippen molar-refractivity contribution >= 4 is 21.8 Å². The number of likely N-dealkylation sites (tertiary alicyclic amines) is 1. The van der Waals surface area contributed by atoms with E-state index in [-0.39, 0.29) is 28.6 Å². The zero-order valence-electron chi connectivity index (χ0n) is 19.1. The van der Waals surface area contributed by atoms with Crippen LogP contribution in [0.1, 0.15) is 30.0 Å². The second kappa shape index (κ2) is 8.58. The van der Waals surface area contributed by atoms with E-state index in [1.807, 2.05) is 12.1 Å². The fourth-order valence-electron chi connectivity index (χ4n) is 5.63. The first-order valence-corrected chi connectivity index (χ1v) is 12.0. The van der Waals surface area contributed by atoms with E-state index in [1.54, 1.807) is 16.7 Å². The normalized spacial score (nSPS) is 18.6. The number of nitrogens with one attached hydrogen (secondary N) is 2. The number of aromatic nitrogens is 3. The number of benzene rings is 1. The van der Waals surface area contributed by atoms with Gasteiger partial charge in [-0.2, -0.15) is 0 Å². The van der Waals surface area contributed by atoms with E-state index in [1.165, 1.54) is 18.3 Å². The number of fused-ring (bicyclic) bond motifs is 1. The Morgan fingerprint density at radius 1 is 1.17 bits per heavy atom. The van der Waals surface area contributed by atoms with E-state index in [9.17, 15) is 19.1 Å². The van der Waals surface area contributed by atoms with Crippen LogP contribution in [0.3, 0.4) is 0 Å². The van der Waals surface area contributed by atoms with Gasteiger partial charge in [-0.3, -0.25) is 14.6 Å². The number of piperidine rings is 1. The molecule has 180 valence electrons. The minimum atomic E-state index is -0.339. The first-order valence-electron chi connectivity index (χ1n) is 12.0. The fourth-order valence-corrected chi connectivity index (χ4v) is 5.63. The average molecular weight is 476 g/mol. The van der Waals surface area contributed by atoms with Crippen LogP contribution < -0.4 is 16.4 Å². The Bertz CT molecular complexity index is 1550. The van der Waals surface area contributed by atoms with Crippen molar-refractivity contribution in [3.05, 3.63) is 80.4 Å². The van der Waals surface area contributed by atoms with Crippen molar-refractivity contribution in [2.75, 3.05) is 19.6 Å². The quantitative estimate of drug-likeness (QED) is 0.410. The molecule has 3 aromatic heterocycles. The summed E-state index contributed by atoms with van der Waals surface area (Å²) in [5.74, 6) is -0.425. The zero-order valence-corrected chi connectivity index (χ0v) is 19.1. The number of rotatable bonds is 5. The fraction of sp³-hybridized carbons (Fsp3) is 0.346. The van der Waals surface area contributed by atoms with Crippen molar-refractivity contribution in [2.24, 2.45) is 0 Å². The number of phenolic OH excluding ortho intramolecular Hbond substituents is 1. The minimum absolute atomic E-state index is 0.0155. The van der Waals surface area contributed by atoms with Gasteiger partial charge in [0.05, 0.1) is 22.6 Å². The van der Waals surface area contributed by atoms with E-state index < -0.39 is 0 Å². The molecule has 2 aliphatic rings. The number of pyridine rings is 3. The van der Waals surface area contributed by atoms with E-state index in [0.717, 1.165) is 37.0 Å². The number of nitrogens with zero attached hydrogens (tertiary/aromatic N) is 3. The molecule has 3 N–H and O–H groups in total. The SMILES string of the molecule is O=c1[nH]c(CNC2CCN(CC3Cn4c(=O)ccc5ncc(F)c3c54)CC2)cc2cccc(O)c12. The van der Waals surface area contributed by atoms with Gasteiger partial charge in [0.2, 0.25) is 0 Å². The predicted octanol–water partition coefficient (Wildman–Crippen LogP) is 2.43. The molecule has 1 aromatic carbocycles. The second-order valence-electron chi connectivity index (χ2n) is 9.55. The van der Waals surface area contributed by atoms with Crippen LogP contribution in [-0.2, 0) is 13.1 Å². The van der Waals surface area contributed by atoms with E-state index in [0.29, 0.717) is 47.7 Å². The molecule has 2 aliphatic heterocycles. The van der Waals surface area contributed by atoms with Crippen LogP contribution in [0.2, 0.25) is 0 Å². The highest BCUT2D eigenvalue weighted by Gasteiger charge is 2.31. The molecular weight excluding hydrogens is 449 g/mol. The lowest BCUT2D eigenvalue weighted by Crippen LogP contribution is -2.43. The van der Waals surface area contributed by atoms with Crippen molar-refractivity contribution in [3.63, 3.8) is 0 Å². The number of hydrogen-bond acceptors (Lipinski definition) is 6. The molecule has 9 heteroatoms. The molecule has 0 radical (unpaired) electrons. The first kappa shape index (κ1) is 21.9. The van der Waals surface area contributed by atoms with Gasteiger partial charge >= 0.3 is 0 Å². The lowest BCUT2D eigenvalue weighted by molar-refractivity contribution is 0.184. The standard InChI is InChI=1S/C26H26FN5O3/c27-19-12-29-20-4-5-22(34)32-14-16(23(19)25(20)32)13-31-8-6-17(7-9-31)28-11-18-10-15-2-1-3-21(33)24(15)26(35)30-18/h1-5,10,12,16-17,28,33H,6-9,11,13-14H2,(H,30,35). The summed E-state index contributed by atoms with van der Waals surface area (Å²) in [5.41, 5.74) is 2.28. The molecule has 1 atom stereocenters. The Morgan fingerprint density at radius 2 is 2.00 bits per heavy atom. The maximum absolute atomic E-state index is 14.7. The summed E-state index contributed by atoms with van der Waals surface area (Å²) in [6.45, 7) is 3.46. The summed E-state index contributed by atoms with van der Waals surface area (Å²) in [4.78, 5) is 34.1. The summed E-state index contributed by atoms with van der Waals surface area (Å²) in [6, 6.07) is 10.4. The monoisotopic (exact) mass is 475 g/mol. The Kier molecular flexibility index (Phi) is 5.38. The smallest absolute Gasteiger partial charge is 0.259 e. The third-order valence-electron chi connectivity index (χ3n) is 7.36. The second-order valence-corrected chi connectivity index (χ2v) is 9.55. The molecule has 0 aliphatic carbocycles. The molecule has 6 rings (SSSR count). The van der Waals surface area contributed by atoms with Gasteiger partial charge in [-0.05, 0) is 49.5 Å². The zero-order chi connectivity index (χ0) is 24.1. The summed E-state index contributed by atoms with van der Waals surface area (Å²) >= 11 is 0. The van der Waals surface area contributed by atoms with Gasteiger partial charge < -0.3 is 24.9 Å². The number of aromatic amines is 1. The molecule has 5 heterocycles. The van der Waals surface area contributed by atoms with Gasteiger partial charge in [-0.1, -0.05) is 12.1 Å². The van der Waals surface area contributed by atoms with Crippen molar-refractivity contribution < 1.29 is 9.50 Å². The number of H-pyrrole nitrogens is 1. The van der Waals surface area contributed by atoms with Crippen LogP contribution in [0.4, 0.5) is 4.39 Å². The van der Waals surface area contributed by atoms with Gasteiger partial charge in [0.25, 0.3) is 11.1 Å². The summed E-state index contributed by atoms with van der Waals surface area (Å²) in [5, 5.41) is 14.5. The summed E-state index contributed by atoms with van der Waals surface area (Å²) in [7, 11) is 0. The molecule has 0 spiro atoms. The maximum Gasteiger partial charge on any atom is 0.259 e. The van der Waals surface area contributed by atoms with Crippen LogP contribution >= 0.6 is 0 Å². The van der Waals surface area contributed by atoms with Crippen LogP contribution in [0.15, 0.2) is 52.2 Å². The highest BCUT2D eigenvalue weighted by molar-refractivity contribution is 5.87. The third kappa shape index (κ3) is 3.90. The van der Waals surface area contributed by atoms with Crippen molar-refractivity contribution in [1.82, 2.24) is 24.8 Å². The summed E-state index contributed by atoms with van der Waals surface area (Å²) < 4.78 is 16.4. The number of aromatic hydroxyl groups is 1. The van der Waals surface area contributed by atoms with E-state index in [4.69, 9.17) is 0 Å². The Labute approximate surface area is 200 Å². The molecule has 35 heavy (non-hydrogen) atoms. The van der Waals surface area contributed by atoms with E-state index in [2.05, 4.69) is 20.2 Å². The third-order valence-corrected chi connectivity index (χ3v) is 7.36. The van der Waals surface area contributed by atoms with Crippen molar-refractivity contribution in [1.29, 1.82) is 0 Å². The van der Waals surface area contributed by atoms with Crippen molar-refractivity contribution in [2.45, 2.75) is 37.9 Å². The van der Waals surface area contributed by atoms with Crippen LogP contribution in [0.5, 0.6) is 5.75 Å². The molecule has 0 amide bonds. The Balaban J connectivity index is 1.09. The average Bonchev–Trinajstić information content (AvgIpc) is 3.23. The highest BCUT2D eigenvalue weighted by Crippen LogP contribution is 2.34. The largest absolute Gasteiger partial charge is 0.507 e. The predicted molar refractivity (Wildman–Crippen MR) is 131 cm³/mol. The van der Waals surface area contributed by atoms with Gasteiger partial charge in [0.15, 0.2) is 0 Å². The molecule has 8 nitrogen and oxygen atoms in total. The van der Waals surface area contributed by atoms with Gasteiger partial charge in [-0.25, -0.2) is 4.39 Å². The maximum atomic E-state index is 14.7. The van der Waals surface area contributed by atoms with Gasteiger partial charge in [0, 0.05) is 48.9 Å². The van der Waals surface area contributed by atoms with Crippen molar-refractivity contribution in [3.8, 4) is 5.75 Å². The van der Waals surface area contributed by atoms with Crippen LogP contribution in [0, 0.1) is 5.82 Å². The first-order chi connectivity index (χ1) is 17.0. The Morgan fingerprint density at radius 3 is 2.83 bits per heavy atom. The number of halogens is 1. The van der Waals surface area contributed by atoms with E-state index >= 15 is 0 Å². The Hall–Kier alpha value is -3.56. The molecule has 1 fully saturated rings. The molecular formula is C26H26FN5O3. The van der Waals surface area contributed by atoms with Crippen LogP contribution in [-0.4, -0.2) is 50.2 Å². The molecule has 1 saturated heterocycles. The highest BCUT2D eigenvalue weighted by atomic mass is 19.1. The molecule has 0 bridgehead atoms. The molecule has 4 aromatic rings. The molecule has 1 unspecified atom stereocenters. The topological polar surface area (TPSA) is 103 Å². The van der Waals surface area contributed by atoms with Gasteiger partial charge in [-0.15, -0.1) is 0 Å². The summed E-state index contributed by atoms with van der Waals surface area (Å²) in [6.07, 6.45) is 3.14. The molecule has 0 saturated carbocycles. The number of hydrogen-bond donors (Lipinski definition) is 3. The van der Waals surface area contributed by atoms with Gasteiger partial charge in [0.1, 0.15) is 11.6 Å².